The van der Waals surface area contributed by atoms with Gasteiger partial charge in [-0.25, -0.2) is 14.1 Å². The molecule has 0 fully saturated rings. The number of anilines is 2. The molecule has 22 heavy (non-hydrogen) atoms. The molecule has 7 heteroatoms. The van der Waals surface area contributed by atoms with Crippen LogP contribution in [0.4, 0.5) is 15.8 Å². The maximum Gasteiger partial charge on any atom is 0.257 e. The van der Waals surface area contributed by atoms with Crippen molar-refractivity contribution in [2.75, 3.05) is 11.1 Å². The fraction of sp³-hybridized carbons (Fsp3) is 0. The summed E-state index contributed by atoms with van der Waals surface area (Å²) < 4.78 is 14.4. The van der Waals surface area contributed by atoms with Gasteiger partial charge in [-0.1, -0.05) is 0 Å². The van der Waals surface area contributed by atoms with Gasteiger partial charge in [0.15, 0.2) is 0 Å². The highest BCUT2D eigenvalue weighted by atomic mass is 19.1. The van der Waals surface area contributed by atoms with Crippen molar-refractivity contribution in [3.05, 3.63) is 66.5 Å². The number of benzene rings is 2. The zero-order chi connectivity index (χ0) is 15.5. The monoisotopic (exact) mass is 297 g/mol. The van der Waals surface area contributed by atoms with E-state index in [4.69, 9.17) is 5.73 Å². The lowest BCUT2D eigenvalue weighted by molar-refractivity contribution is 0.102. The maximum atomic E-state index is 12.9. The number of carbonyl (C=O) groups excluding carboxylic acids is 1. The summed E-state index contributed by atoms with van der Waals surface area (Å²) in [6, 6.07) is 10.4. The van der Waals surface area contributed by atoms with Gasteiger partial charge in [0, 0.05) is 11.4 Å². The fourth-order valence-corrected chi connectivity index (χ4v) is 2.00. The molecule has 0 unspecified atom stereocenters. The Morgan fingerprint density at radius 1 is 1.18 bits per heavy atom. The molecule has 110 valence electrons. The minimum absolute atomic E-state index is 0.342. The number of nitrogens with one attached hydrogen (secondary N) is 1. The number of nitrogens with zero attached hydrogens (tertiary/aromatic N) is 3. The van der Waals surface area contributed by atoms with Crippen molar-refractivity contribution < 1.29 is 9.18 Å². The van der Waals surface area contributed by atoms with Gasteiger partial charge in [-0.15, -0.1) is 0 Å². The highest BCUT2D eigenvalue weighted by Gasteiger charge is 2.14. The van der Waals surface area contributed by atoms with Crippen LogP contribution in [0.2, 0.25) is 0 Å². The van der Waals surface area contributed by atoms with Crippen LogP contribution in [0.3, 0.4) is 0 Å². The van der Waals surface area contributed by atoms with Crippen molar-refractivity contribution >= 4 is 17.3 Å². The van der Waals surface area contributed by atoms with Crippen LogP contribution >= 0.6 is 0 Å². The summed E-state index contributed by atoms with van der Waals surface area (Å²) in [5.41, 5.74) is 7.58. The molecule has 3 N–H and O–H groups in total. The second kappa shape index (κ2) is 5.65. The molecule has 0 aliphatic carbocycles. The molecule has 0 aliphatic rings. The Hall–Kier alpha value is -3.22. The molecular weight excluding hydrogens is 285 g/mol. The molecule has 3 rings (SSSR count). The maximum absolute atomic E-state index is 12.9. The van der Waals surface area contributed by atoms with Gasteiger partial charge in [-0.2, -0.15) is 5.10 Å². The molecule has 0 aliphatic heterocycles. The molecule has 0 radical (unpaired) electrons. The summed E-state index contributed by atoms with van der Waals surface area (Å²) in [6.07, 6.45) is 2.86. The smallest absolute Gasteiger partial charge is 0.257 e. The first kappa shape index (κ1) is 13.7. The van der Waals surface area contributed by atoms with Crippen molar-refractivity contribution in [1.29, 1.82) is 0 Å². The number of aromatic nitrogens is 3. The normalized spacial score (nSPS) is 10.4. The van der Waals surface area contributed by atoms with Crippen molar-refractivity contribution in [3.8, 4) is 5.69 Å². The second-order valence-corrected chi connectivity index (χ2v) is 4.58. The van der Waals surface area contributed by atoms with E-state index in [1.165, 1.54) is 41.6 Å². The molecule has 6 nitrogen and oxygen atoms in total. The number of carbonyl (C=O) groups is 1. The molecule has 3 aromatic rings. The highest BCUT2D eigenvalue weighted by molar-refractivity contribution is 6.07. The van der Waals surface area contributed by atoms with E-state index in [1.807, 2.05) is 0 Å². The zero-order valence-corrected chi connectivity index (χ0v) is 11.4. The summed E-state index contributed by atoms with van der Waals surface area (Å²) >= 11 is 0. The van der Waals surface area contributed by atoms with Gasteiger partial charge in [0.1, 0.15) is 18.5 Å². The third-order valence-corrected chi connectivity index (χ3v) is 3.03. The number of hydrogen-bond acceptors (Lipinski definition) is 4. The Kier molecular flexibility index (Phi) is 3.53. The summed E-state index contributed by atoms with van der Waals surface area (Å²) in [6.45, 7) is 0. The van der Waals surface area contributed by atoms with E-state index in [2.05, 4.69) is 15.4 Å². The summed E-state index contributed by atoms with van der Waals surface area (Å²) in [7, 11) is 0. The molecule has 0 spiro atoms. The van der Waals surface area contributed by atoms with Crippen LogP contribution in [0.5, 0.6) is 0 Å². The van der Waals surface area contributed by atoms with Gasteiger partial charge in [0.05, 0.1) is 11.3 Å². The highest BCUT2D eigenvalue weighted by Crippen LogP contribution is 2.19. The first-order chi connectivity index (χ1) is 10.6. The largest absolute Gasteiger partial charge is 0.399 e. The third-order valence-electron chi connectivity index (χ3n) is 3.03. The second-order valence-electron chi connectivity index (χ2n) is 4.58. The molecule has 0 atom stereocenters. The minimum atomic E-state index is -0.371. The lowest BCUT2D eigenvalue weighted by atomic mass is 10.1. The van der Waals surface area contributed by atoms with Gasteiger partial charge in [-0.05, 0) is 42.5 Å². The molecule has 1 aromatic heterocycles. The first-order valence-corrected chi connectivity index (χ1v) is 6.45. The SMILES string of the molecule is Nc1ccc(-n2cncn2)c(C(=O)Nc2ccc(F)cc2)c1. The predicted octanol–water partition coefficient (Wildman–Crippen LogP) is 2.24. The minimum Gasteiger partial charge on any atom is -0.399 e. The number of nitrogens with two attached hydrogens (primary N) is 1. The Bertz CT molecular complexity index is 799. The van der Waals surface area contributed by atoms with Crippen LogP contribution in [-0.4, -0.2) is 20.7 Å². The Labute approximate surface area is 125 Å². The number of halogens is 1. The van der Waals surface area contributed by atoms with E-state index in [0.29, 0.717) is 22.6 Å². The van der Waals surface area contributed by atoms with Gasteiger partial charge >= 0.3 is 0 Å². The fourth-order valence-electron chi connectivity index (χ4n) is 2.00. The van der Waals surface area contributed by atoms with Crippen LogP contribution in [0.15, 0.2) is 55.1 Å². The van der Waals surface area contributed by atoms with Crippen molar-refractivity contribution in [2.45, 2.75) is 0 Å². The summed E-state index contributed by atoms with van der Waals surface area (Å²) in [5, 5.41) is 6.71. The molecule has 0 bridgehead atoms. The number of rotatable bonds is 3. The van der Waals surface area contributed by atoms with Crippen molar-refractivity contribution in [3.63, 3.8) is 0 Å². The summed E-state index contributed by atoms with van der Waals surface area (Å²) in [5.74, 6) is -0.741. The van der Waals surface area contributed by atoms with Crippen LogP contribution < -0.4 is 11.1 Å². The van der Waals surface area contributed by atoms with Crippen LogP contribution in [-0.2, 0) is 0 Å². The number of amides is 1. The number of hydrogen-bond donors (Lipinski definition) is 2. The summed E-state index contributed by atoms with van der Waals surface area (Å²) in [4.78, 5) is 16.3. The average Bonchev–Trinajstić information content (AvgIpc) is 3.03. The molecular formula is C15H12FN5O. The van der Waals surface area contributed by atoms with E-state index in [0.717, 1.165) is 0 Å². The lowest BCUT2D eigenvalue weighted by Gasteiger charge is -2.11. The average molecular weight is 297 g/mol. The van der Waals surface area contributed by atoms with E-state index in [1.54, 1.807) is 18.2 Å². The van der Waals surface area contributed by atoms with Gasteiger partial charge in [0.2, 0.25) is 0 Å². The van der Waals surface area contributed by atoms with E-state index < -0.39 is 0 Å². The molecule has 1 amide bonds. The Morgan fingerprint density at radius 2 is 1.95 bits per heavy atom. The lowest BCUT2D eigenvalue weighted by Crippen LogP contribution is -2.15. The number of nitrogen functional groups attached to an aromatic ring is 1. The van der Waals surface area contributed by atoms with E-state index in [-0.39, 0.29) is 11.7 Å². The quantitative estimate of drug-likeness (QED) is 0.726. The molecule has 0 saturated heterocycles. The Balaban J connectivity index is 1.94. The van der Waals surface area contributed by atoms with Crippen LogP contribution in [0, 0.1) is 5.82 Å². The standard InChI is InChI=1S/C15H12FN5O/c16-10-1-4-12(5-2-10)20-15(22)13-7-11(17)3-6-14(13)21-9-18-8-19-21/h1-9H,17H2,(H,20,22). The van der Waals surface area contributed by atoms with Gasteiger partial charge in [-0.3, -0.25) is 4.79 Å². The zero-order valence-electron chi connectivity index (χ0n) is 11.4. The first-order valence-electron chi connectivity index (χ1n) is 6.45. The van der Waals surface area contributed by atoms with Crippen LogP contribution in [0.1, 0.15) is 10.4 Å². The van der Waals surface area contributed by atoms with Crippen molar-refractivity contribution in [2.24, 2.45) is 0 Å². The van der Waals surface area contributed by atoms with Gasteiger partial charge in [0.25, 0.3) is 5.91 Å². The third kappa shape index (κ3) is 2.78. The van der Waals surface area contributed by atoms with Gasteiger partial charge < -0.3 is 11.1 Å². The molecule has 0 saturated carbocycles. The van der Waals surface area contributed by atoms with Crippen molar-refractivity contribution in [1.82, 2.24) is 14.8 Å². The van der Waals surface area contributed by atoms with Crippen LogP contribution in [0.25, 0.3) is 5.69 Å². The Morgan fingerprint density at radius 3 is 2.64 bits per heavy atom. The topological polar surface area (TPSA) is 85.8 Å². The van der Waals surface area contributed by atoms with E-state index >= 15 is 0 Å². The molecule has 1 heterocycles. The van der Waals surface area contributed by atoms with E-state index in [9.17, 15) is 9.18 Å². The predicted molar refractivity (Wildman–Crippen MR) is 80.1 cm³/mol. The molecule has 2 aromatic carbocycles.